The molecule has 1 aliphatic carbocycles. The lowest BCUT2D eigenvalue weighted by Gasteiger charge is -2.33. The minimum absolute atomic E-state index is 0.0316. The van der Waals surface area contributed by atoms with E-state index >= 15 is 0 Å². The number of rotatable bonds is 5. The number of nitrogens with zero attached hydrogens (tertiary/aromatic N) is 1. The summed E-state index contributed by atoms with van der Waals surface area (Å²) in [5.41, 5.74) is 5.56. The van der Waals surface area contributed by atoms with Gasteiger partial charge in [0.2, 0.25) is 10.0 Å². The van der Waals surface area contributed by atoms with Gasteiger partial charge in [-0.25, -0.2) is 12.8 Å². The van der Waals surface area contributed by atoms with E-state index in [0.29, 0.717) is 0 Å². The van der Waals surface area contributed by atoms with Gasteiger partial charge in [0.1, 0.15) is 10.7 Å². The van der Waals surface area contributed by atoms with E-state index in [1.165, 1.54) is 10.4 Å². The molecule has 0 saturated heterocycles. The maximum atomic E-state index is 13.1. The molecule has 1 aromatic carbocycles. The Kier molecular flexibility index (Phi) is 5.18. The second-order valence-corrected chi connectivity index (χ2v) is 7.17. The van der Waals surface area contributed by atoms with Crippen molar-refractivity contribution >= 4 is 15.7 Å². The van der Waals surface area contributed by atoms with E-state index < -0.39 is 15.8 Å². The van der Waals surface area contributed by atoms with Crippen molar-refractivity contribution in [3.63, 3.8) is 0 Å². The minimum atomic E-state index is -3.83. The zero-order valence-electron chi connectivity index (χ0n) is 11.8. The molecule has 0 spiro atoms. The normalized spacial score (nSPS) is 17.3. The highest BCUT2D eigenvalue weighted by molar-refractivity contribution is 7.89. The Morgan fingerprint density at radius 2 is 1.95 bits per heavy atom. The van der Waals surface area contributed by atoms with Crippen LogP contribution in [-0.2, 0) is 10.0 Å². The lowest BCUT2D eigenvalue weighted by atomic mass is 9.95. The first-order chi connectivity index (χ1) is 9.96. The van der Waals surface area contributed by atoms with Crippen molar-refractivity contribution < 1.29 is 17.9 Å². The number of hydrogen-bond acceptors (Lipinski definition) is 4. The van der Waals surface area contributed by atoms with E-state index in [1.54, 1.807) is 0 Å². The van der Waals surface area contributed by atoms with Crippen molar-refractivity contribution in [1.82, 2.24) is 4.31 Å². The van der Waals surface area contributed by atoms with E-state index in [0.717, 1.165) is 44.2 Å². The van der Waals surface area contributed by atoms with E-state index in [4.69, 9.17) is 5.73 Å². The first kappa shape index (κ1) is 16.2. The van der Waals surface area contributed by atoms with Crippen LogP contribution in [0.1, 0.15) is 32.1 Å². The van der Waals surface area contributed by atoms with Gasteiger partial charge in [0, 0.05) is 12.6 Å². The predicted octanol–water partition coefficient (Wildman–Crippen LogP) is 1.72. The molecule has 0 aliphatic heterocycles. The maximum Gasteiger partial charge on any atom is 0.245 e. The molecule has 0 atom stereocenters. The van der Waals surface area contributed by atoms with E-state index in [1.807, 2.05) is 0 Å². The monoisotopic (exact) mass is 316 g/mol. The van der Waals surface area contributed by atoms with Gasteiger partial charge >= 0.3 is 0 Å². The molecule has 0 bridgehead atoms. The third kappa shape index (κ3) is 3.53. The summed E-state index contributed by atoms with van der Waals surface area (Å²) in [6.45, 7) is -0.222. The van der Waals surface area contributed by atoms with Crippen molar-refractivity contribution in [2.45, 2.75) is 43.0 Å². The van der Waals surface area contributed by atoms with E-state index in [-0.39, 0.29) is 29.8 Å². The Morgan fingerprint density at radius 1 is 1.29 bits per heavy atom. The second kappa shape index (κ2) is 6.72. The molecule has 1 aromatic rings. The number of aliphatic hydroxyl groups is 1. The summed E-state index contributed by atoms with van der Waals surface area (Å²) in [4.78, 5) is -0.0945. The van der Waals surface area contributed by atoms with Gasteiger partial charge in [-0.2, -0.15) is 4.31 Å². The number of anilines is 1. The number of halogens is 1. The molecule has 0 unspecified atom stereocenters. The molecular formula is C14H21FN2O3S. The van der Waals surface area contributed by atoms with Gasteiger partial charge in [-0.15, -0.1) is 0 Å². The quantitative estimate of drug-likeness (QED) is 0.810. The van der Waals surface area contributed by atoms with Crippen LogP contribution in [0.25, 0.3) is 0 Å². The van der Waals surface area contributed by atoms with E-state index in [2.05, 4.69) is 0 Å². The molecule has 3 N–H and O–H groups in total. The van der Waals surface area contributed by atoms with Gasteiger partial charge in [-0.3, -0.25) is 0 Å². The molecule has 0 heterocycles. The fourth-order valence-corrected chi connectivity index (χ4v) is 4.62. The molecule has 1 saturated carbocycles. The highest BCUT2D eigenvalue weighted by Gasteiger charge is 2.33. The zero-order chi connectivity index (χ0) is 15.5. The van der Waals surface area contributed by atoms with Gasteiger partial charge in [-0.05, 0) is 31.0 Å². The van der Waals surface area contributed by atoms with Crippen molar-refractivity contribution in [1.29, 1.82) is 0 Å². The summed E-state index contributed by atoms with van der Waals surface area (Å²) in [7, 11) is -3.83. The molecule has 118 valence electrons. The first-order valence-corrected chi connectivity index (χ1v) is 8.58. The summed E-state index contributed by atoms with van der Waals surface area (Å²) < 4.78 is 40.0. The number of benzene rings is 1. The Morgan fingerprint density at radius 3 is 2.52 bits per heavy atom. The van der Waals surface area contributed by atoms with Crippen molar-refractivity contribution in [2.75, 3.05) is 18.9 Å². The van der Waals surface area contributed by atoms with Gasteiger partial charge in [-0.1, -0.05) is 19.3 Å². The maximum absolute atomic E-state index is 13.1. The molecule has 5 nitrogen and oxygen atoms in total. The van der Waals surface area contributed by atoms with E-state index in [9.17, 15) is 17.9 Å². The number of sulfonamides is 1. The van der Waals surface area contributed by atoms with Crippen LogP contribution in [0.3, 0.4) is 0 Å². The van der Waals surface area contributed by atoms with Crippen LogP contribution < -0.4 is 5.73 Å². The van der Waals surface area contributed by atoms with Crippen LogP contribution in [0.15, 0.2) is 23.1 Å². The minimum Gasteiger partial charge on any atom is -0.398 e. The molecule has 7 heteroatoms. The summed E-state index contributed by atoms with van der Waals surface area (Å²) in [5, 5.41) is 9.19. The van der Waals surface area contributed by atoms with Gasteiger partial charge in [0.15, 0.2) is 0 Å². The van der Waals surface area contributed by atoms with Crippen LogP contribution in [0.4, 0.5) is 10.1 Å². The largest absolute Gasteiger partial charge is 0.398 e. The number of nitrogens with two attached hydrogens (primary N) is 1. The van der Waals surface area contributed by atoms with Crippen LogP contribution in [0.2, 0.25) is 0 Å². The first-order valence-electron chi connectivity index (χ1n) is 7.14. The lowest BCUT2D eigenvalue weighted by molar-refractivity contribution is 0.199. The smallest absolute Gasteiger partial charge is 0.245 e. The third-order valence-corrected chi connectivity index (χ3v) is 5.89. The number of aliphatic hydroxyl groups excluding tert-OH is 1. The Balaban J connectivity index is 2.36. The fraction of sp³-hybridized carbons (Fsp3) is 0.571. The summed E-state index contributed by atoms with van der Waals surface area (Å²) >= 11 is 0. The van der Waals surface area contributed by atoms with Crippen LogP contribution in [0.5, 0.6) is 0 Å². The number of hydrogen-bond donors (Lipinski definition) is 2. The molecule has 0 aromatic heterocycles. The van der Waals surface area contributed by atoms with Gasteiger partial charge in [0.05, 0.1) is 12.3 Å². The second-order valence-electron chi connectivity index (χ2n) is 5.31. The van der Waals surface area contributed by atoms with Crippen LogP contribution in [0, 0.1) is 5.82 Å². The van der Waals surface area contributed by atoms with Crippen LogP contribution >= 0.6 is 0 Å². The van der Waals surface area contributed by atoms with Crippen molar-refractivity contribution in [3.05, 3.63) is 24.0 Å². The average Bonchev–Trinajstić information content (AvgIpc) is 2.45. The van der Waals surface area contributed by atoms with Crippen molar-refractivity contribution in [2.24, 2.45) is 0 Å². The highest BCUT2D eigenvalue weighted by atomic mass is 32.2. The van der Waals surface area contributed by atoms with Gasteiger partial charge < -0.3 is 10.8 Å². The molecule has 0 amide bonds. The predicted molar refractivity (Wildman–Crippen MR) is 78.7 cm³/mol. The van der Waals surface area contributed by atoms with Gasteiger partial charge in [0.25, 0.3) is 0 Å². The lowest BCUT2D eigenvalue weighted by Crippen LogP contribution is -2.43. The van der Waals surface area contributed by atoms with Crippen LogP contribution in [-0.4, -0.2) is 37.0 Å². The highest BCUT2D eigenvalue weighted by Crippen LogP contribution is 2.30. The summed E-state index contributed by atoms with van der Waals surface area (Å²) in [5.74, 6) is -0.571. The molecule has 1 aliphatic rings. The molecule has 1 fully saturated rings. The Hall–Kier alpha value is -1.18. The average molecular weight is 316 g/mol. The molecule has 21 heavy (non-hydrogen) atoms. The topological polar surface area (TPSA) is 83.6 Å². The molecule has 2 rings (SSSR count). The Labute approximate surface area is 124 Å². The van der Waals surface area contributed by atoms with Crippen molar-refractivity contribution in [3.8, 4) is 0 Å². The Bertz CT molecular complexity index is 586. The standard InChI is InChI=1S/C14H21FN2O3S/c15-11-6-7-14(13(16)10-11)21(19,20)17(8-9-18)12-4-2-1-3-5-12/h6-7,10,12,18H,1-5,8-9,16H2. The molecular weight excluding hydrogens is 295 g/mol. The molecule has 0 radical (unpaired) electrons. The summed E-state index contributed by atoms with van der Waals surface area (Å²) in [6, 6.07) is 3.15. The number of nitrogen functional groups attached to an aromatic ring is 1. The fourth-order valence-electron chi connectivity index (χ4n) is 2.85. The summed E-state index contributed by atoms with van der Waals surface area (Å²) in [6.07, 6.45) is 4.60. The third-order valence-electron chi connectivity index (χ3n) is 3.86. The zero-order valence-corrected chi connectivity index (χ0v) is 12.7. The SMILES string of the molecule is Nc1cc(F)ccc1S(=O)(=O)N(CCO)C1CCCCC1.